The number of hydrogen-bond acceptors (Lipinski definition) is 6. The second-order valence-electron chi connectivity index (χ2n) is 9.83. The Morgan fingerprint density at radius 1 is 0.632 bits per heavy atom. The highest BCUT2D eigenvalue weighted by Crippen LogP contribution is 2.29. The topological polar surface area (TPSA) is 56.6 Å². The van der Waals surface area contributed by atoms with Gasteiger partial charge in [0, 0.05) is 11.8 Å². The number of rotatable bonds is 20. The fraction of sp³-hybridized carbons (Fsp3) is 0.531. The normalized spacial score (nSPS) is 11.3. The Labute approximate surface area is 233 Å². The molecule has 6 heteroatoms. The molecule has 0 fully saturated rings. The molecule has 1 heterocycles. The van der Waals surface area contributed by atoms with E-state index in [1.165, 1.54) is 82.0 Å². The van der Waals surface area contributed by atoms with E-state index < -0.39 is 0 Å². The highest BCUT2D eigenvalue weighted by molar-refractivity contribution is 7.18. The molecule has 0 bridgehead atoms. The van der Waals surface area contributed by atoms with Gasteiger partial charge in [0.15, 0.2) is 0 Å². The van der Waals surface area contributed by atoms with E-state index in [1.807, 2.05) is 54.7 Å². The third kappa shape index (κ3) is 11.8. The van der Waals surface area contributed by atoms with Crippen molar-refractivity contribution in [3.63, 3.8) is 0 Å². The zero-order valence-electron chi connectivity index (χ0n) is 23.4. The molecule has 0 unspecified atom stereocenters. The van der Waals surface area contributed by atoms with Crippen LogP contribution in [0.5, 0.6) is 11.5 Å². The number of ether oxygens (including phenoxy) is 2. The number of nitrogens with zero attached hydrogens (tertiary/aromatic N) is 3. The Hall–Kier alpha value is -2.73. The lowest BCUT2D eigenvalue weighted by Crippen LogP contribution is -1.97. The van der Waals surface area contributed by atoms with Crippen LogP contribution in [0.4, 0.5) is 5.13 Å². The average molecular weight is 536 g/mol. The van der Waals surface area contributed by atoms with E-state index >= 15 is 0 Å². The zero-order chi connectivity index (χ0) is 26.7. The maximum Gasteiger partial charge on any atom is 0.231 e. The van der Waals surface area contributed by atoms with Gasteiger partial charge in [-0.05, 0) is 66.9 Å². The standard InChI is InChI=1S/C32H45N3O2S/c1-3-5-7-9-11-13-15-24-36-29-20-16-27(17-21-29)26-33-32-35-34-31(38-32)28-18-22-30(23-19-28)37-25-14-12-10-8-6-4-2/h16-23,26H,3-15,24-25H2,1-2H3/b33-26+. The van der Waals surface area contributed by atoms with Gasteiger partial charge in [-0.3, -0.25) is 0 Å². The summed E-state index contributed by atoms with van der Waals surface area (Å²) >= 11 is 1.48. The van der Waals surface area contributed by atoms with Crippen molar-refractivity contribution in [2.45, 2.75) is 97.3 Å². The molecule has 3 rings (SSSR count). The molecule has 0 aliphatic heterocycles. The first-order chi connectivity index (χ1) is 18.8. The van der Waals surface area contributed by atoms with E-state index in [-0.39, 0.29) is 0 Å². The predicted molar refractivity (Wildman–Crippen MR) is 161 cm³/mol. The van der Waals surface area contributed by atoms with Crippen LogP contribution in [0.25, 0.3) is 10.6 Å². The molecule has 0 amide bonds. The van der Waals surface area contributed by atoms with Crippen molar-refractivity contribution in [2.24, 2.45) is 4.99 Å². The van der Waals surface area contributed by atoms with Gasteiger partial charge < -0.3 is 9.47 Å². The van der Waals surface area contributed by atoms with Gasteiger partial charge in [-0.15, -0.1) is 10.2 Å². The van der Waals surface area contributed by atoms with Crippen LogP contribution in [-0.4, -0.2) is 29.6 Å². The molecule has 0 saturated heterocycles. The van der Waals surface area contributed by atoms with Crippen molar-refractivity contribution in [1.82, 2.24) is 10.2 Å². The molecule has 3 aromatic rings. The molecular weight excluding hydrogens is 490 g/mol. The highest BCUT2D eigenvalue weighted by atomic mass is 32.1. The van der Waals surface area contributed by atoms with E-state index in [0.717, 1.165) is 53.7 Å². The van der Waals surface area contributed by atoms with Crippen LogP contribution in [0, 0.1) is 0 Å². The molecule has 2 aromatic carbocycles. The summed E-state index contributed by atoms with van der Waals surface area (Å²) < 4.78 is 11.8. The molecular formula is C32H45N3O2S. The first-order valence-corrected chi connectivity index (χ1v) is 15.4. The van der Waals surface area contributed by atoms with Crippen LogP contribution < -0.4 is 9.47 Å². The van der Waals surface area contributed by atoms with Crippen molar-refractivity contribution < 1.29 is 9.47 Å². The number of aromatic nitrogens is 2. The van der Waals surface area contributed by atoms with Gasteiger partial charge >= 0.3 is 0 Å². The Morgan fingerprint density at radius 3 is 1.68 bits per heavy atom. The summed E-state index contributed by atoms with van der Waals surface area (Å²) in [6.45, 7) is 6.05. The molecule has 0 aliphatic carbocycles. The third-order valence-corrected chi connectivity index (χ3v) is 7.38. The molecule has 0 N–H and O–H groups in total. The summed E-state index contributed by atoms with van der Waals surface area (Å²) in [5.41, 5.74) is 2.04. The second-order valence-corrected chi connectivity index (χ2v) is 10.8. The Morgan fingerprint density at radius 2 is 1.13 bits per heavy atom. The Balaban J connectivity index is 1.36. The number of benzene rings is 2. The van der Waals surface area contributed by atoms with E-state index in [0.29, 0.717) is 5.13 Å². The summed E-state index contributed by atoms with van der Waals surface area (Å²) in [5, 5.41) is 10.0. The molecule has 5 nitrogen and oxygen atoms in total. The first-order valence-electron chi connectivity index (χ1n) is 14.6. The highest BCUT2D eigenvalue weighted by Gasteiger charge is 2.06. The first kappa shape index (κ1) is 29.8. The fourth-order valence-electron chi connectivity index (χ4n) is 4.18. The molecule has 38 heavy (non-hydrogen) atoms. The van der Waals surface area contributed by atoms with Gasteiger partial charge in [0.2, 0.25) is 5.13 Å². The van der Waals surface area contributed by atoms with E-state index in [2.05, 4.69) is 29.0 Å². The lowest BCUT2D eigenvalue weighted by atomic mass is 10.1. The number of aliphatic imine (C=N–C) groups is 1. The number of hydrogen-bond donors (Lipinski definition) is 0. The van der Waals surface area contributed by atoms with Gasteiger partial charge in [0.1, 0.15) is 16.5 Å². The minimum atomic E-state index is 0.641. The van der Waals surface area contributed by atoms with Crippen molar-refractivity contribution in [2.75, 3.05) is 13.2 Å². The van der Waals surface area contributed by atoms with Crippen LogP contribution in [0.15, 0.2) is 53.5 Å². The van der Waals surface area contributed by atoms with Crippen molar-refractivity contribution >= 4 is 22.7 Å². The SMILES string of the molecule is CCCCCCCCCOc1ccc(/C=N/c2nnc(-c3ccc(OCCCCCCCC)cc3)s2)cc1. The monoisotopic (exact) mass is 535 g/mol. The predicted octanol–water partition coefficient (Wildman–Crippen LogP) is 9.82. The molecule has 0 atom stereocenters. The van der Waals surface area contributed by atoms with Crippen molar-refractivity contribution in [3.05, 3.63) is 54.1 Å². The maximum atomic E-state index is 5.89. The van der Waals surface area contributed by atoms with Crippen LogP contribution in [0.1, 0.15) is 103 Å². The molecule has 0 radical (unpaired) electrons. The van der Waals surface area contributed by atoms with Crippen molar-refractivity contribution in [3.8, 4) is 22.1 Å². The molecule has 0 spiro atoms. The van der Waals surface area contributed by atoms with E-state index in [9.17, 15) is 0 Å². The smallest absolute Gasteiger partial charge is 0.231 e. The summed E-state index contributed by atoms with van der Waals surface area (Å²) in [6, 6.07) is 16.1. The molecule has 0 aliphatic rings. The van der Waals surface area contributed by atoms with E-state index in [1.54, 1.807) is 0 Å². The van der Waals surface area contributed by atoms with Gasteiger partial charge in [0.25, 0.3) is 0 Å². The number of unbranched alkanes of at least 4 members (excludes halogenated alkanes) is 11. The maximum absolute atomic E-state index is 5.89. The summed E-state index contributed by atoms with van der Waals surface area (Å²) in [4.78, 5) is 4.52. The van der Waals surface area contributed by atoms with Crippen LogP contribution in [0.3, 0.4) is 0 Å². The summed E-state index contributed by atoms with van der Waals surface area (Å²) in [5.74, 6) is 1.81. The Bertz CT molecular complexity index is 1030. The molecule has 1 aromatic heterocycles. The summed E-state index contributed by atoms with van der Waals surface area (Å²) in [6.07, 6.45) is 18.5. The van der Waals surface area contributed by atoms with E-state index in [4.69, 9.17) is 9.47 Å². The third-order valence-electron chi connectivity index (χ3n) is 6.50. The van der Waals surface area contributed by atoms with Crippen LogP contribution >= 0.6 is 11.3 Å². The van der Waals surface area contributed by atoms with Crippen LogP contribution in [-0.2, 0) is 0 Å². The fourth-order valence-corrected chi connectivity index (χ4v) is 4.88. The second kappa shape index (κ2) is 18.5. The van der Waals surface area contributed by atoms with Gasteiger partial charge in [-0.25, -0.2) is 4.99 Å². The van der Waals surface area contributed by atoms with Crippen molar-refractivity contribution in [1.29, 1.82) is 0 Å². The average Bonchev–Trinajstić information content (AvgIpc) is 3.43. The van der Waals surface area contributed by atoms with Gasteiger partial charge in [0.05, 0.1) is 13.2 Å². The quantitative estimate of drug-likeness (QED) is 0.107. The lowest BCUT2D eigenvalue weighted by molar-refractivity contribution is 0.304. The zero-order valence-corrected chi connectivity index (χ0v) is 24.2. The lowest BCUT2D eigenvalue weighted by Gasteiger charge is -2.06. The minimum absolute atomic E-state index is 0.641. The molecule has 206 valence electrons. The summed E-state index contributed by atoms with van der Waals surface area (Å²) in [7, 11) is 0. The Kier molecular flexibility index (Phi) is 14.5. The minimum Gasteiger partial charge on any atom is -0.494 e. The largest absolute Gasteiger partial charge is 0.494 e. The van der Waals surface area contributed by atoms with Gasteiger partial charge in [-0.2, -0.15) is 0 Å². The van der Waals surface area contributed by atoms with Gasteiger partial charge in [-0.1, -0.05) is 95.8 Å². The van der Waals surface area contributed by atoms with Crippen LogP contribution in [0.2, 0.25) is 0 Å². The molecule has 0 saturated carbocycles.